The largest absolute Gasteiger partial charge is 0.385 e. The van der Waals surface area contributed by atoms with Crippen LogP contribution in [0, 0.1) is 13.8 Å². The lowest BCUT2D eigenvalue weighted by Gasteiger charge is -2.16. The molecule has 0 aliphatic carbocycles. The molecule has 2 aromatic rings. The monoisotopic (exact) mass is 407 g/mol. The lowest BCUT2D eigenvalue weighted by atomic mass is 10.2. The minimum atomic E-state index is -3.70. The van der Waals surface area contributed by atoms with Crippen molar-refractivity contribution >= 4 is 38.7 Å². The second-order valence-corrected chi connectivity index (χ2v) is 8.29. The standard InChI is InChI=1S/C19H25N3O3S2/c1-14-5-8-16(9-6-14)27(23,24)22-17-10-7-15(2)13-18(17)21-19(26)20-11-4-12-25-3/h5-10,13,22H,4,11-12H2,1-3H3,(H2,20,21,26). The summed E-state index contributed by atoms with van der Waals surface area (Å²) >= 11 is 5.30. The molecule has 0 aromatic heterocycles. The minimum absolute atomic E-state index is 0.208. The second-order valence-electron chi connectivity index (χ2n) is 6.19. The molecule has 0 unspecified atom stereocenters. The zero-order valence-corrected chi connectivity index (χ0v) is 17.3. The molecule has 0 atom stereocenters. The van der Waals surface area contributed by atoms with E-state index in [4.69, 9.17) is 17.0 Å². The van der Waals surface area contributed by atoms with Gasteiger partial charge in [-0.25, -0.2) is 8.42 Å². The Morgan fingerprint density at radius 1 is 1.04 bits per heavy atom. The van der Waals surface area contributed by atoms with Crippen molar-refractivity contribution in [3.05, 3.63) is 53.6 Å². The van der Waals surface area contributed by atoms with E-state index in [0.29, 0.717) is 29.6 Å². The summed E-state index contributed by atoms with van der Waals surface area (Å²) in [5.41, 5.74) is 3.01. The van der Waals surface area contributed by atoms with Crippen molar-refractivity contribution in [3.63, 3.8) is 0 Å². The molecule has 0 radical (unpaired) electrons. The normalized spacial score (nSPS) is 11.1. The van der Waals surface area contributed by atoms with Gasteiger partial charge in [0.25, 0.3) is 10.0 Å². The van der Waals surface area contributed by atoms with E-state index in [1.807, 2.05) is 26.0 Å². The van der Waals surface area contributed by atoms with Crippen LogP contribution < -0.4 is 15.4 Å². The van der Waals surface area contributed by atoms with Gasteiger partial charge in [0.1, 0.15) is 0 Å². The summed E-state index contributed by atoms with van der Waals surface area (Å²) in [5.74, 6) is 0. The maximum Gasteiger partial charge on any atom is 0.261 e. The Bertz CT molecular complexity index is 882. The summed E-state index contributed by atoms with van der Waals surface area (Å²) in [4.78, 5) is 0.208. The van der Waals surface area contributed by atoms with E-state index in [1.54, 1.807) is 37.4 Å². The highest BCUT2D eigenvalue weighted by atomic mass is 32.2. The third-order valence-corrected chi connectivity index (χ3v) is 5.44. The summed E-state index contributed by atoms with van der Waals surface area (Å²) in [7, 11) is -2.05. The first kappa shape index (κ1) is 21.1. The number of thiocarbonyl (C=S) groups is 1. The minimum Gasteiger partial charge on any atom is -0.385 e. The van der Waals surface area contributed by atoms with Crippen molar-refractivity contribution < 1.29 is 13.2 Å². The van der Waals surface area contributed by atoms with Gasteiger partial charge >= 0.3 is 0 Å². The third kappa shape index (κ3) is 6.50. The van der Waals surface area contributed by atoms with Crippen LogP contribution in [0.15, 0.2) is 47.4 Å². The molecule has 0 aliphatic heterocycles. The second kappa shape index (κ2) is 9.68. The first-order valence-corrected chi connectivity index (χ1v) is 10.4. The van der Waals surface area contributed by atoms with Gasteiger partial charge in [-0.2, -0.15) is 0 Å². The summed E-state index contributed by atoms with van der Waals surface area (Å²) in [5, 5.41) is 6.56. The Labute approximate surface area is 166 Å². The van der Waals surface area contributed by atoms with E-state index in [-0.39, 0.29) is 4.90 Å². The fourth-order valence-electron chi connectivity index (χ4n) is 2.36. The van der Waals surface area contributed by atoms with Gasteiger partial charge in [-0.3, -0.25) is 4.72 Å². The van der Waals surface area contributed by atoms with Crippen molar-refractivity contribution in [1.29, 1.82) is 0 Å². The van der Waals surface area contributed by atoms with Crippen molar-refractivity contribution in [2.75, 3.05) is 30.3 Å². The highest BCUT2D eigenvalue weighted by molar-refractivity contribution is 7.92. The predicted molar refractivity (Wildman–Crippen MR) is 114 cm³/mol. The molecule has 0 bridgehead atoms. The zero-order valence-electron chi connectivity index (χ0n) is 15.7. The van der Waals surface area contributed by atoms with Crippen molar-refractivity contribution in [2.24, 2.45) is 0 Å². The van der Waals surface area contributed by atoms with Crippen molar-refractivity contribution in [2.45, 2.75) is 25.2 Å². The summed E-state index contributed by atoms with van der Waals surface area (Å²) < 4.78 is 33.0. The van der Waals surface area contributed by atoms with Gasteiger partial charge < -0.3 is 15.4 Å². The molecule has 2 rings (SSSR count). The smallest absolute Gasteiger partial charge is 0.261 e. The Balaban J connectivity index is 2.15. The molecule has 27 heavy (non-hydrogen) atoms. The number of benzene rings is 2. The number of nitrogens with one attached hydrogen (secondary N) is 3. The Hall–Kier alpha value is -2.16. The Morgan fingerprint density at radius 3 is 2.37 bits per heavy atom. The average Bonchev–Trinajstić information content (AvgIpc) is 2.61. The highest BCUT2D eigenvalue weighted by Crippen LogP contribution is 2.26. The van der Waals surface area contributed by atoms with Crippen molar-refractivity contribution in [1.82, 2.24) is 5.32 Å². The molecule has 3 N–H and O–H groups in total. The molecule has 0 amide bonds. The number of ether oxygens (including phenoxy) is 1. The first-order chi connectivity index (χ1) is 12.8. The fraction of sp³-hybridized carbons (Fsp3) is 0.316. The van der Waals surface area contributed by atoms with E-state index in [9.17, 15) is 8.42 Å². The fourth-order valence-corrected chi connectivity index (χ4v) is 3.65. The van der Waals surface area contributed by atoms with Gasteiger partial charge in [0.05, 0.1) is 16.3 Å². The molecule has 6 nitrogen and oxygen atoms in total. The molecule has 0 aliphatic rings. The van der Waals surface area contributed by atoms with E-state index < -0.39 is 10.0 Å². The molecule has 0 heterocycles. The summed E-state index contributed by atoms with van der Waals surface area (Å²) in [6.45, 7) is 5.14. The summed E-state index contributed by atoms with van der Waals surface area (Å²) in [6.07, 6.45) is 0.818. The Kier molecular flexibility index (Phi) is 7.58. The lowest BCUT2D eigenvalue weighted by Crippen LogP contribution is -2.30. The molecule has 146 valence electrons. The van der Waals surface area contributed by atoms with Crippen LogP contribution >= 0.6 is 12.2 Å². The van der Waals surface area contributed by atoms with Gasteiger partial charge in [0.2, 0.25) is 0 Å². The molecule has 0 saturated carbocycles. The Morgan fingerprint density at radius 2 is 1.70 bits per heavy atom. The first-order valence-electron chi connectivity index (χ1n) is 8.56. The zero-order chi connectivity index (χ0) is 19.9. The molecular weight excluding hydrogens is 382 g/mol. The van der Waals surface area contributed by atoms with Gasteiger partial charge in [-0.15, -0.1) is 0 Å². The van der Waals surface area contributed by atoms with Crippen LogP contribution in [-0.2, 0) is 14.8 Å². The van der Waals surface area contributed by atoms with Gasteiger partial charge in [0, 0.05) is 20.3 Å². The van der Waals surface area contributed by atoms with E-state index in [0.717, 1.165) is 17.5 Å². The number of hydrogen-bond acceptors (Lipinski definition) is 4. The van der Waals surface area contributed by atoms with Crippen LogP contribution in [-0.4, -0.2) is 33.8 Å². The van der Waals surface area contributed by atoms with Gasteiger partial charge in [-0.05, 0) is 62.3 Å². The van der Waals surface area contributed by atoms with E-state index in [2.05, 4.69) is 15.4 Å². The number of rotatable bonds is 8. The maximum absolute atomic E-state index is 12.7. The van der Waals surface area contributed by atoms with Gasteiger partial charge in [0.15, 0.2) is 5.11 Å². The van der Waals surface area contributed by atoms with E-state index in [1.165, 1.54) is 0 Å². The number of methoxy groups -OCH3 is 1. The van der Waals surface area contributed by atoms with Gasteiger partial charge in [-0.1, -0.05) is 23.8 Å². The van der Waals surface area contributed by atoms with Crippen LogP contribution in [0.1, 0.15) is 17.5 Å². The quantitative estimate of drug-likeness (QED) is 0.460. The summed E-state index contributed by atoms with van der Waals surface area (Å²) in [6, 6.07) is 12.1. The van der Waals surface area contributed by atoms with E-state index >= 15 is 0 Å². The molecule has 2 aromatic carbocycles. The predicted octanol–water partition coefficient (Wildman–Crippen LogP) is 3.43. The molecule has 0 fully saturated rings. The number of anilines is 2. The SMILES string of the molecule is COCCCNC(=S)Nc1cc(C)ccc1NS(=O)(=O)c1ccc(C)cc1. The third-order valence-electron chi connectivity index (χ3n) is 3.81. The van der Waals surface area contributed by atoms with Crippen LogP contribution in [0.5, 0.6) is 0 Å². The number of hydrogen-bond donors (Lipinski definition) is 3. The maximum atomic E-state index is 12.7. The van der Waals surface area contributed by atoms with Crippen LogP contribution in [0.2, 0.25) is 0 Å². The molecule has 0 spiro atoms. The molecular formula is C19H25N3O3S2. The molecule has 8 heteroatoms. The number of aryl methyl sites for hydroxylation is 2. The van der Waals surface area contributed by atoms with Crippen LogP contribution in [0.25, 0.3) is 0 Å². The number of sulfonamides is 1. The average molecular weight is 408 g/mol. The highest BCUT2D eigenvalue weighted by Gasteiger charge is 2.16. The van der Waals surface area contributed by atoms with Crippen LogP contribution in [0.3, 0.4) is 0 Å². The lowest BCUT2D eigenvalue weighted by molar-refractivity contribution is 0.196. The van der Waals surface area contributed by atoms with Crippen molar-refractivity contribution in [3.8, 4) is 0 Å². The topological polar surface area (TPSA) is 79.5 Å². The van der Waals surface area contributed by atoms with Crippen LogP contribution in [0.4, 0.5) is 11.4 Å². The molecule has 0 saturated heterocycles.